The van der Waals surface area contributed by atoms with Gasteiger partial charge in [-0.25, -0.2) is 0 Å². The fraction of sp³-hybridized carbons (Fsp3) is 0.333. The molecular weight excluding hydrogens is 292 g/mol. The van der Waals surface area contributed by atoms with Crippen LogP contribution in [0.5, 0.6) is 0 Å². The van der Waals surface area contributed by atoms with E-state index in [-0.39, 0.29) is 18.4 Å². The molecule has 1 aromatic heterocycles. The topological polar surface area (TPSA) is 62.6 Å². The summed E-state index contributed by atoms with van der Waals surface area (Å²) in [5.41, 5.74) is 1.23. The minimum Gasteiger partial charge on any atom is -0.467 e. The third kappa shape index (κ3) is 5.98. The lowest BCUT2D eigenvalue weighted by Gasteiger charge is -2.20. The second-order valence-electron chi connectivity index (χ2n) is 5.39. The summed E-state index contributed by atoms with van der Waals surface area (Å²) in [5, 5.41) is 2.75. The Morgan fingerprint density at radius 2 is 1.91 bits per heavy atom. The van der Waals surface area contributed by atoms with Crippen LogP contribution in [-0.2, 0) is 22.6 Å². The monoisotopic (exact) mass is 314 g/mol. The summed E-state index contributed by atoms with van der Waals surface area (Å²) in [5.74, 6) is 0.416. The molecule has 5 heteroatoms. The molecule has 5 nitrogen and oxygen atoms in total. The summed E-state index contributed by atoms with van der Waals surface area (Å²) in [6, 6.07) is 13.7. The maximum Gasteiger partial charge on any atom is 0.240 e. The molecule has 0 aliphatic heterocycles. The van der Waals surface area contributed by atoms with E-state index >= 15 is 0 Å². The molecule has 1 heterocycles. The van der Waals surface area contributed by atoms with Crippen molar-refractivity contribution in [1.29, 1.82) is 0 Å². The first kappa shape index (κ1) is 16.8. The molecule has 0 spiro atoms. The van der Waals surface area contributed by atoms with Crippen LogP contribution in [0.4, 0.5) is 0 Å². The number of hydrogen-bond donors (Lipinski definition) is 1. The van der Waals surface area contributed by atoms with E-state index < -0.39 is 0 Å². The van der Waals surface area contributed by atoms with Crippen LogP contribution < -0.4 is 5.32 Å². The SMILES string of the molecule is CC(=O)N(CCCc1ccccc1)CC(=O)NCc1ccco1. The highest BCUT2D eigenvalue weighted by Crippen LogP contribution is 2.04. The highest BCUT2D eigenvalue weighted by molar-refractivity contribution is 5.83. The van der Waals surface area contributed by atoms with E-state index in [4.69, 9.17) is 4.42 Å². The Labute approximate surface area is 136 Å². The molecule has 1 N–H and O–H groups in total. The Kier molecular flexibility index (Phi) is 6.41. The van der Waals surface area contributed by atoms with E-state index in [1.165, 1.54) is 12.5 Å². The van der Waals surface area contributed by atoms with Crippen LogP contribution in [0.2, 0.25) is 0 Å². The summed E-state index contributed by atoms with van der Waals surface area (Å²) < 4.78 is 5.15. The fourth-order valence-electron chi connectivity index (χ4n) is 2.29. The van der Waals surface area contributed by atoms with Gasteiger partial charge in [0.15, 0.2) is 0 Å². The molecule has 0 bridgehead atoms. The molecule has 23 heavy (non-hydrogen) atoms. The van der Waals surface area contributed by atoms with E-state index in [1.807, 2.05) is 18.2 Å². The second-order valence-corrected chi connectivity index (χ2v) is 5.39. The van der Waals surface area contributed by atoms with Gasteiger partial charge in [0.2, 0.25) is 11.8 Å². The van der Waals surface area contributed by atoms with Gasteiger partial charge in [-0.2, -0.15) is 0 Å². The molecule has 0 saturated heterocycles. The van der Waals surface area contributed by atoms with Crippen LogP contribution in [0, 0.1) is 0 Å². The zero-order valence-electron chi connectivity index (χ0n) is 13.3. The minimum absolute atomic E-state index is 0.0742. The molecule has 0 atom stereocenters. The number of hydrogen-bond acceptors (Lipinski definition) is 3. The highest BCUT2D eigenvalue weighted by atomic mass is 16.3. The smallest absolute Gasteiger partial charge is 0.240 e. The molecule has 0 aliphatic rings. The Hall–Kier alpha value is -2.56. The van der Waals surface area contributed by atoms with Crippen LogP contribution in [0.25, 0.3) is 0 Å². The van der Waals surface area contributed by atoms with Crippen LogP contribution in [0.1, 0.15) is 24.7 Å². The molecular formula is C18H22N2O3. The summed E-state index contributed by atoms with van der Waals surface area (Å²) in [7, 11) is 0. The average Bonchev–Trinajstić information content (AvgIpc) is 3.06. The van der Waals surface area contributed by atoms with Crippen LogP contribution >= 0.6 is 0 Å². The van der Waals surface area contributed by atoms with Gasteiger partial charge < -0.3 is 14.6 Å². The highest BCUT2D eigenvalue weighted by Gasteiger charge is 2.13. The summed E-state index contributed by atoms with van der Waals surface area (Å²) in [6.07, 6.45) is 3.28. The quantitative estimate of drug-likeness (QED) is 0.813. The first-order valence-electron chi connectivity index (χ1n) is 7.73. The second kappa shape index (κ2) is 8.78. The number of furan rings is 1. The van der Waals surface area contributed by atoms with Gasteiger partial charge in [0.1, 0.15) is 5.76 Å². The predicted octanol–water partition coefficient (Wildman–Crippen LogP) is 2.38. The average molecular weight is 314 g/mol. The fourth-order valence-corrected chi connectivity index (χ4v) is 2.29. The zero-order valence-corrected chi connectivity index (χ0v) is 13.3. The minimum atomic E-state index is -0.184. The number of benzene rings is 1. The van der Waals surface area contributed by atoms with Gasteiger partial charge in [0.25, 0.3) is 0 Å². The van der Waals surface area contributed by atoms with Crippen molar-refractivity contribution in [1.82, 2.24) is 10.2 Å². The maximum absolute atomic E-state index is 11.9. The van der Waals surface area contributed by atoms with Gasteiger partial charge in [0.05, 0.1) is 19.4 Å². The zero-order chi connectivity index (χ0) is 16.5. The number of aryl methyl sites for hydroxylation is 1. The van der Waals surface area contributed by atoms with Crippen LogP contribution in [0.15, 0.2) is 53.1 Å². The molecule has 0 saturated carbocycles. The van der Waals surface area contributed by atoms with Gasteiger partial charge >= 0.3 is 0 Å². The Morgan fingerprint density at radius 3 is 2.57 bits per heavy atom. The number of amides is 2. The Bertz CT molecular complexity index is 608. The molecule has 1 aromatic carbocycles. The largest absolute Gasteiger partial charge is 0.467 e. The number of carbonyl (C=O) groups excluding carboxylic acids is 2. The Balaban J connectivity index is 1.74. The van der Waals surface area contributed by atoms with Crippen molar-refractivity contribution in [2.75, 3.05) is 13.1 Å². The third-order valence-electron chi connectivity index (χ3n) is 3.56. The standard InChI is InChI=1S/C18H22N2O3/c1-15(21)20(11-5-9-16-7-3-2-4-8-16)14-18(22)19-13-17-10-6-12-23-17/h2-4,6-8,10,12H,5,9,11,13-14H2,1H3,(H,19,22). The maximum atomic E-state index is 11.9. The number of nitrogens with one attached hydrogen (secondary N) is 1. The van der Waals surface area contributed by atoms with E-state index in [0.29, 0.717) is 18.8 Å². The first-order chi connectivity index (χ1) is 11.1. The first-order valence-corrected chi connectivity index (χ1v) is 7.73. The molecule has 122 valence electrons. The number of carbonyl (C=O) groups is 2. The lowest BCUT2D eigenvalue weighted by atomic mass is 10.1. The van der Waals surface area contributed by atoms with Gasteiger partial charge in [-0.1, -0.05) is 30.3 Å². The van der Waals surface area contributed by atoms with E-state index in [2.05, 4.69) is 17.4 Å². The van der Waals surface area contributed by atoms with Crippen molar-refractivity contribution < 1.29 is 14.0 Å². The van der Waals surface area contributed by atoms with Crippen LogP contribution in [0.3, 0.4) is 0 Å². The molecule has 0 radical (unpaired) electrons. The summed E-state index contributed by atoms with van der Waals surface area (Å²) >= 11 is 0. The molecule has 0 fully saturated rings. The third-order valence-corrected chi connectivity index (χ3v) is 3.56. The van der Waals surface area contributed by atoms with E-state index in [0.717, 1.165) is 12.8 Å². The van der Waals surface area contributed by atoms with Gasteiger partial charge in [-0.05, 0) is 30.5 Å². The van der Waals surface area contributed by atoms with Gasteiger partial charge in [-0.3, -0.25) is 9.59 Å². The van der Waals surface area contributed by atoms with Crippen molar-refractivity contribution in [2.24, 2.45) is 0 Å². The van der Waals surface area contributed by atoms with E-state index in [1.54, 1.807) is 23.3 Å². The molecule has 2 rings (SSSR count). The van der Waals surface area contributed by atoms with Crippen molar-refractivity contribution in [2.45, 2.75) is 26.3 Å². The molecule has 0 aliphatic carbocycles. The van der Waals surface area contributed by atoms with Crippen LogP contribution in [-0.4, -0.2) is 29.8 Å². The molecule has 2 aromatic rings. The lowest BCUT2D eigenvalue weighted by molar-refractivity contribution is -0.134. The van der Waals surface area contributed by atoms with E-state index in [9.17, 15) is 9.59 Å². The molecule has 0 unspecified atom stereocenters. The summed E-state index contributed by atoms with van der Waals surface area (Å²) in [4.78, 5) is 25.2. The molecule has 2 amide bonds. The normalized spacial score (nSPS) is 10.3. The number of rotatable bonds is 8. The summed E-state index contributed by atoms with van der Waals surface area (Å²) in [6.45, 7) is 2.47. The Morgan fingerprint density at radius 1 is 1.13 bits per heavy atom. The van der Waals surface area contributed by atoms with Crippen molar-refractivity contribution in [3.05, 3.63) is 60.1 Å². The lowest BCUT2D eigenvalue weighted by Crippen LogP contribution is -2.40. The van der Waals surface area contributed by atoms with Gasteiger partial charge in [0, 0.05) is 13.5 Å². The van der Waals surface area contributed by atoms with Gasteiger partial charge in [-0.15, -0.1) is 0 Å². The van der Waals surface area contributed by atoms with Crippen molar-refractivity contribution in [3.63, 3.8) is 0 Å². The van der Waals surface area contributed by atoms with Crippen molar-refractivity contribution >= 4 is 11.8 Å². The number of nitrogens with zero attached hydrogens (tertiary/aromatic N) is 1. The predicted molar refractivity (Wildman–Crippen MR) is 87.6 cm³/mol. The van der Waals surface area contributed by atoms with Crippen molar-refractivity contribution in [3.8, 4) is 0 Å².